The first-order valence-corrected chi connectivity index (χ1v) is 9.49. The molecule has 28 heavy (non-hydrogen) atoms. The Labute approximate surface area is 175 Å². The van der Waals surface area contributed by atoms with Gasteiger partial charge in [0.15, 0.2) is 15.8 Å². The van der Waals surface area contributed by atoms with E-state index in [1.807, 2.05) is 0 Å². The van der Waals surface area contributed by atoms with Crippen molar-refractivity contribution < 1.29 is 24.2 Å². The third-order valence-corrected chi connectivity index (χ3v) is 5.48. The number of halogens is 1. The number of nitrogens with zero attached hydrogens (tertiary/aromatic N) is 1. The lowest BCUT2D eigenvalue weighted by Crippen LogP contribution is -2.27. The molecule has 0 spiro atoms. The molecule has 2 aromatic carbocycles. The zero-order valence-electron chi connectivity index (χ0n) is 14.8. The van der Waals surface area contributed by atoms with Gasteiger partial charge in [-0.2, -0.15) is 0 Å². The number of hydrogen-bond acceptors (Lipinski definition) is 6. The molecule has 1 amide bonds. The van der Waals surface area contributed by atoms with Gasteiger partial charge in [-0.1, -0.05) is 47.7 Å². The number of methoxy groups -OCH3 is 2. The maximum absolute atomic E-state index is 12.9. The summed E-state index contributed by atoms with van der Waals surface area (Å²) in [7, 11) is 2.77. The van der Waals surface area contributed by atoms with E-state index >= 15 is 0 Å². The number of thioether (sulfide) groups is 1. The average molecular weight is 436 g/mol. The van der Waals surface area contributed by atoms with Crippen molar-refractivity contribution >= 4 is 63.5 Å². The van der Waals surface area contributed by atoms with Crippen molar-refractivity contribution in [2.75, 3.05) is 19.1 Å². The molecule has 1 N–H and O–H groups in total. The number of hydrogen-bond donors (Lipinski definition) is 1. The van der Waals surface area contributed by atoms with Gasteiger partial charge >= 0.3 is 5.97 Å². The second-order valence-electron chi connectivity index (χ2n) is 5.57. The summed E-state index contributed by atoms with van der Waals surface area (Å²) in [5.41, 5.74) is 0.746. The summed E-state index contributed by atoms with van der Waals surface area (Å²) in [6.45, 7) is 0. The van der Waals surface area contributed by atoms with Crippen LogP contribution in [0.15, 0.2) is 41.3 Å². The van der Waals surface area contributed by atoms with Gasteiger partial charge < -0.3 is 14.6 Å². The van der Waals surface area contributed by atoms with Gasteiger partial charge in [0.2, 0.25) is 0 Å². The molecule has 0 unspecified atom stereocenters. The maximum Gasteiger partial charge on any atom is 0.340 e. The summed E-state index contributed by atoms with van der Waals surface area (Å²) >= 11 is 12.4. The number of aromatic carboxylic acids is 1. The average Bonchev–Trinajstić information content (AvgIpc) is 2.94. The van der Waals surface area contributed by atoms with Crippen LogP contribution in [0.3, 0.4) is 0 Å². The summed E-state index contributed by atoms with van der Waals surface area (Å²) in [6.07, 6.45) is 1.48. The summed E-state index contributed by atoms with van der Waals surface area (Å²) in [4.78, 5) is 26.4. The van der Waals surface area contributed by atoms with Crippen molar-refractivity contribution in [2.24, 2.45) is 0 Å². The third kappa shape index (κ3) is 3.71. The molecule has 9 heteroatoms. The molecule has 0 saturated carbocycles. The molecular formula is C19H14ClNO5S2. The van der Waals surface area contributed by atoms with Crippen LogP contribution in [0.4, 0.5) is 5.69 Å². The highest BCUT2D eigenvalue weighted by Crippen LogP contribution is 2.39. The summed E-state index contributed by atoms with van der Waals surface area (Å²) in [6, 6.07) is 9.90. The van der Waals surface area contributed by atoms with Crippen LogP contribution in [-0.4, -0.2) is 35.5 Å². The molecule has 6 nitrogen and oxygen atoms in total. The number of anilines is 1. The molecule has 0 aliphatic carbocycles. The number of rotatable bonds is 5. The normalized spacial score (nSPS) is 15.2. The fourth-order valence-electron chi connectivity index (χ4n) is 2.73. The van der Waals surface area contributed by atoms with Gasteiger partial charge in [0.25, 0.3) is 5.91 Å². The van der Waals surface area contributed by atoms with Gasteiger partial charge in [0.1, 0.15) is 5.56 Å². The second kappa shape index (κ2) is 8.22. The van der Waals surface area contributed by atoms with Gasteiger partial charge in [-0.3, -0.25) is 9.69 Å². The Morgan fingerprint density at radius 1 is 1.25 bits per heavy atom. The number of carbonyl (C=O) groups is 2. The SMILES string of the molecule is COc1ccc(/C=C2/SC(=S)N(c3cccc(Cl)c3)C2=O)c(C(=O)O)c1OC. The number of thiocarbonyl (C=S) groups is 1. The first kappa shape index (κ1) is 20.2. The lowest BCUT2D eigenvalue weighted by Gasteiger charge is -2.14. The predicted molar refractivity (Wildman–Crippen MR) is 114 cm³/mol. The van der Waals surface area contributed by atoms with Crippen LogP contribution in [0.5, 0.6) is 11.5 Å². The van der Waals surface area contributed by atoms with Crippen LogP contribution in [-0.2, 0) is 4.79 Å². The van der Waals surface area contributed by atoms with Crippen LogP contribution in [0, 0.1) is 0 Å². The minimum atomic E-state index is -1.20. The van der Waals surface area contributed by atoms with E-state index in [4.69, 9.17) is 33.3 Å². The first-order chi connectivity index (χ1) is 13.4. The van der Waals surface area contributed by atoms with Crippen LogP contribution >= 0.6 is 35.6 Å². The molecule has 2 aromatic rings. The molecule has 0 atom stereocenters. The van der Waals surface area contributed by atoms with Crippen molar-refractivity contribution in [1.82, 2.24) is 0 Å². The Balaban J connectivity index is 2.06. The topological polar surface area (TPSA) is 76.1 Å². The lowest BCUT2D eigenvalue weighted by molar-refractivity contribution is -0.113. The molecule has 0 aromatic heterocycles. The predicted octanol–water partition coefficient (Wildman–Crippen LogP) is 4.46. The van der Waals surface area contributed by atoms with E-state index in [2.05, 4.69) is 0 Å². The minimum absolute atomic E-state index is 0.0778. The quantitative estimate of drug-likeness (QED) is 0.548. The Hall–Kier alpha value is -2.55. The minimum Gasteiger partial charge on any atom is -0.493 e. The van der Waals surface area contributed by atoms with E-state index in [0.717, 1.165) is 11.8 Å². The third-order valence-electron chi connectivity index (χ3n) is 3.94. The van der Waals surface area contributed by atoms with Crippen molar-refractivity contribution in [1.29, 1.82) is 0 Å². The Morgan fingerprint density at radius 3 is 2.61 bits per heavy atom. The van der Waals surface area contributed by atoms with E-state index < -0.39 is 5.97 Å². The van der Waals surface area contributed by atoms with E-state index in [1.165, 1.54) is 25.2 Å². The highest BCUT2D eigenvalue weighted by atomic mass is 35.5. The highest BCUT2D eigenvalue weighted by Gasteiger charge is 2.34. The van der Waals surface area contributed by atoms with Crippen molar-refractivity contribution in [3.63, 3.8) is 0 Å². The second-order valence-corrected chi connectivity index (χ2v) is 7.68. The monoisotopic (exact) mass is 435 g/mol. The zero-order valence-corrected chi connectivity index (χ0v) is 17.2. The number of carboxylic acids is 1. The van der Waals surface area contributed by atoms with Gasteiger partial charge in [-0.15, -0.1) is 0 Å². The number of ether oxygens (including phenoxy) is 2. The number of carbonyl (C=O) groups excluding carboxylic acids is 1. The van der Waals surface area contributed by atoms with Crippen LogP contribution in [0.2, 0.25) is 5.02 Å². The van der Waals surface area contributed by atoms with E-state index in [9.17, 15) is 14.7 Å². The van der Waals surface area contributed by atoms with E-state index in [0.29, 0.717) is 25.5 Å². The van der Waals surface area contributed by atoms with Gasteiger partial charge in [0.05, 0.1) is 24.8 Å². The van der Waals surface area contributed by atoms with Crippen molar-refractivity contribution in [3.05, 3.63) is 57.5 Å². The molecule has 1 aliphatic heterocycles. The van der Waals surface area contributed by atoms with Gasteiger partial charge in [-0.05, 0) is 35.9 Å². The zero-order chi connectivity index (χ0) is 20.4. The van der Waals surface area contributed by atoms with Crippen LogP contribution in [0.25, 0.3) is 6.08 Å². The Bertz CT molecular complexity index is 1020. The molecule has 144 valence electrons. The molecular weight excluding hydrogens is 422 g/mol. The number of amides is 1. The maximum atomic E-state index is 12.9. The van der Waals surface area contributed by atoms with E-state index in [1.54, 1.807) is 36.4 Å². The van der Waals surface area contributed by atoms with E-state index in [-0.39, 0.29) is 23.0 Å². The Kier molecular flexibility index (Phi) is 5.93. The fraction of sp³-hybridized carbons (Fsp3) is 0.105. The van der Waals surface area contributed by atoms with Crippen molar-refractivity contribution in [3.8, 4) is 11.5 Å². The largest absolute Gasteiger partial charge is 0.493 e. The van der Waals surface area contributed by atoms with Crippen molar-refractivity contribution in [2.45, 2.75) is 0 Å². The smallest absolute Gasteiger partial charge is 0.340 e. The fourth-order valence-corrected chi connectivity index (χ4v) is 4.20. The summed E-state index contributed by atoms with van der Waals surface area (Å²) in [5, 5.41) is 10.1. The molecule has 1 aliphatic rings. The van der Waals surface area contributed by atoms with Crippen LogP contribution < -0.4 is 14.4 Å². The summed E-state index contributed by atoms with van der Waals surface area (Å²) < 4.78 is 10.7. The highest BCUT2D eigenvalue weighted by molar-refractivity contribution is 8.27. The molecule has 3 rings (SSSR count). The summed E-state index contributed by atoms with van der Waals surface area (Å²) in [5.74, 6) is -1.20. The molecule has 1 fully saturated rings. The lowest BCUT2D eigenvalue weighted by atomic mass is 10.0. The molecule has 0 bridgehead atoms. The molecule has 1 heterocycles. The number of benzene rings is 2. The Morgan fingerprint density at radius 2 is 2.00 bits per heavy atom. The first-order valence-electron chi connectivity index (χ1n) is 7.89. The molecule has 1 saturated heterocycles. The van der Waals surface area contributed by atoms with Gasteiger partial charge in [-0.25, -0.2) is 4.79 Å². The standard InChI is InChI=1S/C19H14ClNO5S2/c1-25-13-7-6-10(15(18(23)24)16(13)26-2)8-14-17(22)21(19(27)28-14)12-5-3-4-11(20)9-12/h3-9H,1-2H3,(H,23,24)/b14-8+. The number of carboxylic acid groups (broad SMARTS) is 1. The molecule has 0 radical (unpaired) electrons. The van der Waals surface area contributed by atoms with Gasteiger partial charge in [0, 0.05) is 5.02 Å². The van der Waals surface area contributed by atoms with Crippen LogP contribution in [0.1, 0.15) is 15.9 Å².